The molecule has 0 aliphatic heterocycles. The zero-order valence-corrected chi connectivity index (χ0v) is 16.5. The summed E-state index contributed by atoms with van der Waals surface area (Å²) in [5, 5.41) is 9.49. The number of phenolic OH excluding ortho intramolecular Hbond substituents is 1. The second-order valence-electron chi connectivity index (χ2n) is 5.81. The summed E-state index contributed by atoms with van der Waals surface area (Å²) in [6.07, 6.45) is -3.59. The van der Waals surface area contributed by atoms with Gasteiger partial charge in [-0.1, -0.05) is 35.3 Å². The van der Waals surface area contributed by atoms with E-state index in [0.29, 0.717) is 6.07 Å². The summed E-state index contributed by atoms with van der Waals surface area (Å²) in [4.78, 5) is 3.38. The molecule has 1 aromatic heterocycles. The molecule has 0 spiro atoms. The standard InChI is InChI=1S/C18H11Cl2F3N2O3S/c19-10-7-15(17(24-9-10)12-3-1-2-4-16(12)26)25-29(27,28)11-5-6-14(20)13(8-11)18(21,22)23/h1-9,25-26H. The zero-order chi connectivity index (χ0) is 21.4. The van der Waals surface area contributed by atoms with Crippen molar-refractivity contribution in [1.29, 1.82) is 0 Å². The molecule has 0 bridgehead atoms. The van der Waals surface area contributed by atoms with E-state index >= 15 is 0 Å². The number of aromatic hydroxyl groups is 1. The number of rotatable bonds is 4. The second-order valence-corrected chi connectivity index (χ2v) is 8.34. The number of benzene rings is 2. The van der Waals surface area contributed by atoms with Gasteiger partial charge in [0, 0.05) is 11.8 Å². The molecule has 0 saturated carbocycles. The molecule has 0 aliphatic rings. The van der Waals surface area contributed by atoms with Crippen LogP contribution >= 0.6 is 23.2 Å². The average molecular weight is 463 g/mol. The van der Waals surface area contributed by atoms with E-state index in [2.05, 4.69) is 9.71 Å². The molecule has 1 heterocycles. The summed E-state index contributed by atoms with van der Waals surface area (Å²) in [5.74, 6) is -0.173. The van der Waals surface area contributed by atoms with Crippen molar-refractivity contribution in [3.8, 4) is 17.0 Å². The number of hydrogen-bond acceptors (Lipinski definition) is 4. The van der Waals surface area contributed by atoms with Gasteiger partial charge in [0.1, 0.15) is 5.75 Å². The van der Waals surface area contributed by atoms with Crippen LogP contribution in [0.4, 0.5) is 18.9 Å². The number of aromatic nitrogens is 1. The number of nitrogens with one attached hydrogen (secondary N) is 1. The van der Waals surface area contributed by atoms with Crippen LogP contribution in [0.25, 0.3) is 11.3 Å². The van der Waals surface area contributed by atoms with Gasteiger partial charge in [0.05, 0.1) is 31.9 Å². The number of pyridine rings is 1. The van der Waals surface area contributed by atoms with Crippen LogP contribution in [0, 0.1) is 0 Å². The fraction of sp³-hybridized carbons (Fsp3) is 0.0556. The van der Waals surface area contributed by atoms with Crippen molar-refractivity contribution in [2.24, 2.45) is 0 Å². The molecule has 0 fully saturated rings. The Hall–Kier alpha value is -2.49. The molecule has 2 aromatic carbocycles. The van der Waals surface area contributed by atoms with E-state index in [0.717, 1.165) is 12.1 Å². The van der Waals surface area contributed by atoms with Gasteiger partial charge >= 0.3 is 6.18 Å². The van der Waals surface area contributed by atoms with Gasteiger partial charge in [-0.2, -0.15) is 13.2 Å². The van der Waals surface area contributed by atoms with Gasteiger partial charge in [-0.3, -0.25) is 9.71 Å². The van der Waals surface area contributed by atoms with Gasteiger partial charge < -0.3 is 5.11 Å². The molecule has 29 heavy (non-hydrogen) atoms. The maximum atomic E-state index is 13.1. The van der Waals surface area contributed by atoms with E-state index in [9.17, 15) is 26.7 Å². The summed E-state index contributed by atoms with van der Waals surface area (Å²) in [5.41, 5.74) is -1.16. The number of para-hydroxylation sites is 1. The first-order chi connectivity index (χ1) is 13.5. The molecule has 0 radical (unpaired) electrons. The summed E-state index contributed by atoms with van der Waals surface area (Å²) >= 11 is 11.4. The Morgan fingerprint density at radius 1 is 1.03 bits per heavy atom. The Balaban J connectivity index is 2.09. The molecule has 5 nitrogen and oxygen atoms in total. The van der Waals surface area contributed by atoms with Gasteiger partial charge in [0.25, 0.3) is 10.0 Å². The largest absolute Gasteiger partial charge is 0.507 e. The first-order valence-electron chi connectivity index (χ1n) is 7.82. The Labute approximate surface area is 173 Å². The number of halogens is 5. The van der Waals surface area contributed by atoms with Crippen LogP contribution in [0.15, 0.2) is 59.6 Å². The lowest BCUT2D eigenvalue weighted by Crippen LogP contribution is -2.16. The monoisotopic (exact) mass is 462 g/mol. The van der Waals surface area contributed by atoms with Crippen molar-refractivity contribution in [1.82, 2.24) is 4.98 Å². The molecule has 0 aliphatic carbocycles. The number of sulfonamides is 1. The van der Waals surface area contributed by atoms with Crippen LogP contribution in [0.2, 0.25) is 10.0 Å². The smallest absolute Gasteiger partial charge is 0.417 e. The van der Waals surface area contributed by atoms with E-state index in [1.165, 1.54) is 24.4 Å². The topological polar surface area (TPSA) is 79.3 Å². The van der Waals surface area contributed by atoms with E-state index in [-0.39, 0.29) is 27.7 Å². The van der Waals surface area contributed by atoms with Crippen molar-refractivity contribution in [2.75, 3.05) is 4.72 Å². The number of nitrogens with zero attached hydrogens (tertiary/aromatic N) is 1. The highest BCUT2D eigenvalue weighted by atomic mass is 35.5. The molecule has 0 unspecified atom stereocenters. The molecule has 11 heteroatoms. The average Bonchev–Trinajstić information content (AvgIpc) is 2.61. The fourth-order valence-electron chi connectivity index (χ4n) is 2.50. The van der Waals surface area contributed by atoms with Crippen LogP contribution < -0.4 is 4.72 Å². The van der Waals surface area contributed by atoms with Crippen LogP contribution in [-0.2, 0) is 16.2 Å². The summed E-state index contributed by atoms with van der Waals surface area (Å²) in [7, 11) is -4.46. The molecule has 0 saturated heterocycles. The van der Waals surface area contributed by atoms with Gasteiger partial charge in [0.15, 0.2) is 0 Å². The molecule has 0 atom stereocenters. The lowest BCUT2D eigenvalue weighted by atomic mass is 10.1. The van der Waals surface area contributed by atoms with Crippen LogP contribution in [0.1, 0.15) is 5.56 Å². The van der Waals surface area contributed by atoms with Gasteiger partial charge in [0.2, 0.25) is 0 Å². The van der Waals surface area contributed by atoms with Crippen molar-refractivity contribution in [3.63, 3.8) is 0 Å². The number of hydrogen-bond donors (Lipinski definition) is 2. The van der Waals surface area contributed by atoms with Crippen LogP contribution in [0.3, 0.4) is 0 Å². The maximum Gasteiger partial charge on any atom is 0.417 e. The first-order valence-corrected chi connectivity index (χ1v) is 10.1. The van der Waals surface area contributed by atoms with Crippen LogP contribution in [0.5, 0.6) is 5.75 Å². The summed E-state index contributed by atoms with van der Waals surface area (Å²) in [6.45, 7) is 0. The fourth-order valence-corrected chi connectivity index (χ4v) is 3.96. The van der Waals surface area contributed by atoms with E-state index < -0.39 is 31.7 Å². The molecule has 0 amide bonds. The van der Waals surface area contributed by atoms with Crippen LogP contribution in [-0.4, -0.2) is 18.5 Å². The number of anilines is 1. The molecule has 2 N–H and O–H groups in total. The Bertz CT molecular complexity index is 1190. The minimum absolute atomic E-state index is 0.0427. The normalized spacial score (nSPS) is 12.0. The Morgan fingerprint density at radius 2 is 1.72 bits per heavy atom. The second kappa shape index (κ2) is 7.74. The Kier molecular flexibility index (Phi) is 5.66. The number of phenols is 1. The Morgan fingerprint density at radius 3 is 2.38 bits per heavy atom. The first kappa shape index (κ1) is 21.2. The molecule has 152 valence electrons. The number of alkyl halides is 3. The SMILES string of the molecule is O=S(=O)(Nc1cc(Cl)cnc1-c1ccccc1O)c1ccc(Cl)c(C(F)(F)F)c1. The van der Waals surface area contributed by atoms with Crippen molar-refractivity contribution in [3.05, 3.63) is 70.3 Å². The highest BCUT2D eigenvalue weighted by Crippen LogP contribution is 2.38. The highest BCUT2D eigenvalue weighted by Gasteiger charge is 2.34. The summed E-state index contributed by atoms with van der Waals surface area (Å²) in [6, 6.07) is 9.48. The van der Waals surface area contributed by atoms with Crippen molar-refractivity contribution < 1.29 is 26.7 Å². The van der Waals surface area contributed by atoms with E-state index in [1.54, 1.807) is 12.1 Å². The molecule has 3 rings (SSSR count). The third-order valence-corrected chi connectivity index (χ3v) is 5.71. The molecule has 3 aromatic rings. The summed E-state index contributed by atoms with van der Waals surface area (Å²) < 4.78 is 66.8. The highest BCUT2D eigenvalue weighted by molar-refractivity contribution is 7.92. The lowest BCUT2D eigenvalue weighted by Gasteiger charge is -2.15. The van der Waals surface area contributed by atoms with Gasteiger partial charge in [-0.25, -0.2) is 8.42 Å². The predicted octanol–water partition coefficient (Wildman–Crippen LogP) is 5.58. The third kappa shape index (κ3) is 4.58. The third-order valence-electron chi connectivity index (χ3n) is 3.81. The van der Waals surface area contributed by atoms with Gasteiger partial charge in [-0.15, -0.1) is 0 Å². The predicted molar refractivity (Wildman–Crippen MR) is 104 cm³/mol. The van der Waals surface area contributed by atoms with E-state index in [4.69, 9.17) is 23.2 Å². The zero-order valence-electron chi connectivity index (χ0n) is 14.2. The van der Waals surface area contributed by atoms with Crippen molar-refractivity contribution >= 4 is 38.9 Å². The molecular formula is C18H11Cl2F3N2O3S. The maximum absolute atomic E-state index is 13.1. The van der Waals surface area contributed by atoms with E-state index in [1.807, 2.05) is 0 Å². The van der Waals surface area contributed by atoms with Crippen molar-refractivity contribution in [2.45, 2.75) is 11.1 Å². The van der Waals surface area contributed by atoms with Gasteiger partial charge in [-0.05, 0) is 36.4 Å². The minimum Gasteiger partial charge on any atom is -0.507 e. The minimum atomic E-state index is -4.83. The lowest BCUT2D eigenvalue weighted by molar-refractivity contribution is -0.137. The molecular weight excluding hydrogens is 452 g/mol. The quantitative estimate of drug-likeness (QED) is 0.530.